The molecule has 35 heavy (non-hydrogen) atoms. The minimum atomic E-state index is -0.227. The third-order valence-corrected chi connectivity index (χ3v) is 6.78. The molecule has 5 rings (SSSR count). The van der Waals surface area contributed by atoms with Crippen LogP contribution in [-0.2, 0) is 13.0 Å². The van der Waals surface area contributed by atoms with Crippen molar-refractivity contribution < 1.29 is 9.18 Å². The van der Waals surface area contributed by atoms with Crippen LogP contribution in [-0.4, -0.2) is 72.6 Å². The molecule has 0 radical (unpaired) electrons. The normalized spacial score (nSPS) is 15.7. The van der Waals surface area contributed by atoms with Crippen LogP contribution in [0.4, 0.5) is 21.8 Å². The highest BCUT2D eigenvalue weighted by molar-refractivity contribution is 6.32. The van der Waals surface area contributed by atoms with Gasteiger partial charge in [0.2, 0.25) is 5.95 Å². The zero-order valence-corrected chi connectivity index (χ0v) is 20.5. The average Bonchev–Trinajstić information content (AvgIpc) is 2.88. The predicted molar refractivity (Wildman–Crippen MR) is 135 cm³/mol. The van der Waals surface area contributed by atoms with Gasteiger partial charge < -0.3 is 19.6 Å². The van der Waals surface area contributed by atoms with Gasteiger partial charge in [-0.05, 0) is 36.4 Å². The van der Waals surface area contributed by atoms with E-state index in [0.717, 1.165) is 48.9 Å². The van der Waals surface area contributed by atoms with Crippen LogP contribution in [0.15, 0.2) is 42.6 Å². The number of halogens is 2. The van der Waals surface area contributed by atoms with E-state index in [2.05, 4.69) is 14.8 Å². The molecular formula is C25H27ClFN7O. The summed E-state index contributed by atoms with van der Waals surface area (Å²) < 4.78 is 13.3. The van der Waals surface area contributed by atoms with Gasteiger partial charge in [-0.1, -0.05) is 11.6 Å². The van der Waals surface area contributed by atoms with E-state index in [4.69, 9.17) is 21.6 Å². The Kier molecular flexibility index (Phi) is 6.42. The zero-order chi connectivity index (χ0) is 24.5. The molecule has 0 N–H and O–H groups in total. The summed E-state index contributed by atoms with van der Waals surface area (Å²) in [5.74, 6) is 1.16. The number of hydrogen-bond donors (Lipinski definition) is 0. The Morgan fingerprint density at radius 2 is 1.71 bits per heavy atom. The summed E-state index contributed by atoms with van der Waals surface area (Å²) in [4.78, 5) is 35.2. The molecule has 1 saturated heterocycles. The number of aromatic nitrogens is 3. The molecule has 2 aromatic heterocycles. The Bertz CT molecular complexity index is 1230. The highest BCUT2D eigenvalue weighted by Gasteiger charge is 2.29. The second-order valence-electron chi connectivity index (χ2n) is 8.94. The first-order valence-corrected chi connectivity index (χ1v) is 12.0. The predicted octanol–water partition coefficient (Wildman–Crippen LogP) is 3.26. The van der Waals surface area contributed by atoms with Crippen molar-refractivity contribution in [2.75, 3.05) is 61.5 Å². The van der Waals surface area contributed by atoms with E-state index >= 15 is 0 Å². The molecule has 0 saturated carbocycles. The van der Waals surface area contributed by atoms with Gasteiger partial charge >= 0.3 is 0 Å². The van der Waals surface area contributed by atoms with Crippen molar-refractivity contribution in [3.63, 3.8) is 0 Å². The Labute approximate surface area is 209 Å². The van der Waals surface area contributed by atoms with Crippen LogP contribution in [0.5, 0.6) is 0 Å². The molecule has 0 atom stereocenters. The van der Waals surface area contributed by atoms with Gasteiger partial charge in [0.25, 0.3) is 5.91 Å². The lowest BCUT2D eigenvalue weighted by molar-refractivity contribution is 0.0733. The lowest BCUT2D eigenvalue weighted by Crippen LogP contribution is -2.47. The fourth-order valence-electron chi connectivity index (χ4n) is 4.60. The van der Waals surface area contributed by atoms with Gasteiger partial charge in [-0.25, -0.2) is 14.4 Å². The number of anilines is 3. The van der Waals surface area contributed by atoms with Gasteiger partial charge in [0.05, 0.1) is 17.8 Å². The van der Waals surface area contributed by atoms with E-state index in [9.17, 15) is 9.18 Å². The summed E-state index contributed by atoms with van der Waals surface area (Å²) in [6.45, 7) is 4.12. The summed E-state index contributed by atoms with van der Waals surface area (Å²) in [7, 11) is 3.91. The van der Waals surface area contributed by atoms with Crippen molar-refractivity contribution in [3.8, 4) is 0 Å². The number of carbonyl (C=O) groups excluding carboxylic acids is 1. The molecule has 182 valence electrons. The number of fused-ring (bicyclic) bond motifs is 1. The van der Waals surface area contributed by atoms with Crippen LogP contribution < -0.4 is 14.7 Å². The van der Waals surface area contributed by atoms with E-state index < -0.39 is 0 Å². The third kappa shape index (κ3) is 4.73. The Morgan fingerprint density at radius 1 is 1.00 bits per heavy atom. The monoisotopic (exact) mass is 495 g/mol. The summed E-state index contributed by atoms with van der Waals surface area (Å²) in [6, 6.07) is 10.0. The maximum Gasteiger partial charge on any atom is 0.257 e. The SMILES string of the molecule is CN(C)c1nc(N2CCN(c3ccc(F)cc3)CC2)nc2c1CN(C(=O)c1cccnc1Cl)CC2. The molecule has 1 amide bonds. The number of nitrogens with zero attached hydrogens (tertiary/aromatic N) is 7. The smallest absolute Gasteiger partial charge is 0.257 e. The first-order valence-electron chi connectivity index (χ1n) is 11.6. The lowest BCUT2D eigenvalue weighted by Gasteiger charge is -2.37. The first-order chi connectivity index (χ1) is 16.9. The van der Waals surface area contributed by atoms with Crippen LogP contribution >= 0.6 is 11.6 Å². The highest BCUT2D eigenvalue weighted by Crippen LogP contribution is 2.30. The molecule has 3 aromatic rings. The second kappa shape index (κ2) is 9.65. The zero-order valence-electron chi connectivity index (χ0n) is 19.8. The van der Waals surface area contributed by atoms with Gasteiger partial charge in [-0.15, -0.1) is 0 Å². The average molecular weight is 496 g/mol. The Balaban J connectivity index is 1.34. The largest absolute Gasteiger partial charge is 0.368 e. The number of hydrogen-bond acceptors (Lipinski definition) is 7. The standard InChI is InChI=1S/C25H27ClFN7O/c1-31(2)23-20-16-34(24(35)19-4-3-10-28-22(19)26)11-9-21(20)29-25(30-23)33-14-12-32(13-15-33)18-7-5-17(27)6-8-18/h3-8,10H,9,11-16H2,1-2H3. The number of pyridine rings is 1. The van der Waals surface area contributed by atoms with Crippen molar-refractivity contribution in [1.82, 2.24) is 19.9 Å². The second-order valence-corrected chi connectivity index (χ2v) is 9.29. The maximum absolute atomic E-state index is 13.3. The van der Waals surface area contributed by atoms with Crippen molar-refractivity contribution in [2.45, 2.75) is 13.0 Å². The van der Waals surface area contributed by atoms with Crippen LogP contribution in [0.1, 0.15) is 21.6 Å². The molecule has 4 heterocycles. The van der Waals surface area contributed by atoms with Crippen LogP contribution in [0.25, 0.3) is 0 Å². The molecular weight excluding hydrogens is 469 g/mol. The number of benzene rings is 1. The molecule has 1 fully saturated rings. The number of piperazine rings is 1. The summed E-state index contributed by atoms with van der Waals surface area (Å²) in [5.41, 5.74) is 3.36. The molecule has 0 aliphatic carbocycles. The summed E-state index contributed by atoms with van der Waals surface area (Å²) >= 11 is 6.17. The van der Waals surface area contributed by atoms with Crippen LogP contribution in [0, 0.1) is 5.82 Å². The fraction of sp³-hybridized carbons (Fsp3) is 0.360. The van der Waals surface area contributed by atoms with E-state index in [1.807, 2.05) is 31.1 Å². The molecule has 2 aliphatic heterocycles. The van der Waals surface area contributed by atoms with Gasteiger partial charge in [-0.2, -0.15) is 4.98 Å². The van der Waals surface area contributed by atoms with Crippen LogP contribution in [0.3, 0.4) is 0 Å². The number of rotatable bonds is 4. The van der Waals surface area contributed by atoms with Gasteiger partial charge in [0.1, 0.15) is 16.8 Å². The van der Waals surface area contributed by atoms with Gasteiger partial charge in [0, 0.05) is 70.7 Å². The number of carbonyl (C=O) groups is 1. The molecule has 1 aromatic carbocycles. The van der Waals surface area contributed by atoms with Gasteiger partial charge in [0.15, 0.2) is 0 Å². The molecule has 8 nitrogen and oxygen atoms in total. The van der Waals surface area contributed by atoms with E-state index in [1.165, 1.54) is 12.1 Å². The molecule has 2 aliphatic rings. The molecule has 10 heteroatoms. The Morgan fingerprint density at radius 3 is 2.40 bits per heavy atom. The van der Waals surface area contributed by atoms with E-state index in [0.29, 0.717) is 31.0 Å². The first kappa shape index (κ1) is 23.3. The minimum Gasteiger partial charge on any atom is -0.368 e. The number of amides is 1. The van der Waals surface area contributed by atoms with Crippen molar-refractivity contribution in [3.05, 3.63) is 70.4 Å². The maximum atomic E-state index is 13.3. The van der Waals surface area contributed by atoms with Crippen molar-refractivity contribution in [1.29, 1.82) is 0 Å². The summed E-state index contributed by atoms with van der Waals surface area (Å²) in [6.07, 6.45) is 2.22. The van der Waals surface area contributed by atoms with Crippen LogP contribution in [0.2, 0.25) is 5.15 Å². The highest BCUT2D eigenvalue weighted by atomic mass is 35.5. The molecule has 0 spiro atoms. The minimum absolute atomic E-state index is 0.139. The quantitative estimate of drug-likeness (QED) is 0.515. The fourth-order valence-corrected chi connectivity index (χ4v) is 4.80. The third-order valence-electron chi connectivity index (χ3n) is 6.48. The summed E-state index contributed by atoms with van der Waals surface area (Å²) in [5, 5.41) is 0.211. The van der Waals surface area contributed by atoms with Crippen molar-refractivity contribution in [2.24, 2.45) is 0 Å². The van der Waals surface area contributed by atoms with E-state index in [-0.39, 0.29) is 16.9 Å². The topological polar surface area (TPSA) is 68.7 Å². The lowest BCUT2D eigenvalue weighted by atomic mass is 10.0. The van der Waals surface area contributed by atoms with Gasteiger partial charge in [-0.3, -0.25) is 4.79 Å². The van der Waals surface area contributed by atoms with Crippen molar-refractivity contribution >= 4 is 35.0 Å². The molecule has 0 unspecified atom stereocenters. The van der Waals surface area contributed by atoms with E-state index in [1.54, 1.807) is 23.2 Å². The Hall–Kier alpha value is -3.46. The molecule has 0 bridgehead atoms.